The molecule has 0 unspecified atom stereocenters. The summed E-state index contributed by atoms with van der Waals surface area (Å²) >= 11 is 0. The van der Waals surface area contributed by atoms with Crippen LogP contribution in [0.25, 0.3) is 0 Å². The second-order valence-electron chi connectivity index (χ2n) is 7.66. The van der Waals surface area contributed by atoms with Crippen LogP contribution in [-0.4, -0.2) is 13.2 Å². The van der Waals surface area contributed by atoms with Gasteiger partial charge in [-0.1, -0.05) is 115 Å². The smallest absolute Gasteiger partial charge is 0.0649 e. The molecule has 144 valence electrons. The van der Waals surface area contributed by atoms with Gasteiger partial charge in [-0.3, -0.25) is 0 Å². The zero-order valence-corrected chi connectivity index (χ0v) is 17.2. The lowest BCUT2D eigenvalue weighted by Crippen LogP contribution is -1.94. The second kappa shape index (κ2) is 20.7. The molecule has 0 aromatic carbocycles. The van der Waals surface area contributed by atoms with E-state index in [1.54, 1.807) is 0 Å². The van der Waals surface area contributed by atoms with Crippen LogP contribution in [0.15, 0.2) is 11.6 Å². The van der Waals surface area contributed by atoms with Crippen molar-refractivity contribution in [2.24, 2.45) is 0 Å². The summed E-state index contributed by atoms with van der Waals surface area (Å²) in [5, 5.41) is 0. The van der Waals surface area contributed by atoms with Crippen molar-refractivity contribution in [3.63, 3.8) is 0 Å². The molecular weight excluding hydrogens is 292 g/mol. The lowest BCUT2D eigenvalue weighted by Gasteiger charge is -2.04. The SMILES string of the molecule is CCCCCCCCCCCCCCCCCCOCC=C(C)C. The Morgan fingerprint density at radius 3 is 1.33 bits per heavy atom. The van der Waals surface area contributed by atoms with E-state index in [0.717, 1.165) is 13.2 Å². The Bertz CT molecular complexity index is 253. The van der Waals surface area contributed by atoms with Crippen molar-refractivity contribution in [1.82, 2.24) is 0 Å². The van der Waals surface area contributed by atoms with Crippen LogP contribution < -0.4 is 0 Å². The van der Waals surface area contributed by atoms with Gasteiger partial charge in [0.25, 0.3) is 0 Å². The first-order chi connectivity index (χ1) is 11.8. The third kappa shape index (κ3) is 21.7. The van der Waals surface area contributed by atoms with Gasteiger partial charge >= 0.3 is 0 Å². The van der Waals surface area contributed by atoms with Crippen LogP contribution in [0.2, 0.25) is 0 Å². The van der Waals surface area contributed by atoms with Gasteiger partial charge in [0.05, 0.1) is 6.61 Å². The van der Waals surface area contributed by atoms with Gasteiger partial charge in [-0.2, -0.15) is 0 Å². The summed E-state index contributed by atoms with van der Waals surface area (Å²) in [6.07, 6.45) is 25.0. The van der Waals surface area contributed by atoms with E-state index in [-0.39, 0.29) is 0 Å². The number of hydrogen-bond donors (Lipinski definition) is 0. The van der Waals surface area contributed by atoms with Crippen molar-refractivity contribution < 1.29 is 4.74 Å². The monoisotopic (exact) mass is 338 g/mol. The van der Waals surface area contributed by atoms with Crippen molar-refractivity contribution in [1.29, 1.82) is 0 Å². The first kappa shape index (κ1) is 23.7. The van der Waals surface area contributed by atoms with Crippen molar-refractivity contribution in [2.45, 2.75) is 124 Å². The van der Waals surface area contributed by atoms with Crippen molar-refractivity contribution in [3.8, 4) is 0 Å². The van der Waals surface area contributed by atoms with E-state index < -0.39 is 0 Å². The largest absolute Gasteiger partial charge is 0.377 e. The Balaban J connectivity index is 2.99. The van der Waals surface area contributed by atoms with E-state index in [2.05, 4.69) is 26.8 Å². The molecule has 0 radical (unpaired) electrons. The van der Waals surface area contributed by atoms with E-state index in [4.69, 9.17) is 4.74 Å². The van der Waals surface area contributed by atoms with Gasteiger partial charge in [0, 0.05) is 6.61 Å². The molecule has 0 rings (SSSR count). The maximum atomic E-state index is 5.59. The van der Waals surface area contributed by atoms with Gasteiger partial charge < -0.3 is 4.74 Å². The van der Waals surface area contributed by atoms with Gasteiger partial charge in [-0.15, -0.1) is 0 Å². The van der Waals surface area contributed by atoms with Crippen molar-refractivity contribution in [3.05, 3.63) is 11.6 Å². The lowest BCUT2D eigenvalue weighted by atomic mass is 10.0. The molecule has 0 aliphatic rings. The van der Waals surface area contributed by atoms with Crippen LogP contribution in [0.1, 0.15) is 124 Å². The molecule has 0 saturated heterocycles. The minimum absolute atomic E-state index is 0.793. The molecule has 0 aliphatic carbocycles. The maximum absolute atomic E-state index is 5.59. The Kier molecular flexibility index (Phi) is 20.5. The molecule has 24 heavy (non-hydrogen) atoms. The van der Waals surface area contributed by atoms with E-state index in [1.165, 1.54) is 108 Å². The fraction of sp³-hybridized carbons (Fsp3) is 0.913. The molecular formula is C23H46O. The standard InChI is InChI=1S/C23H46O/c1-4-5-6-7-8-9-10-11-12-13-14-15-16-17-18-19-21-24-22-20-23(2)3/h20H,4-19,21-22H2,1-3H3. The average Bonchev–Trinajstić information content (AvgIpc) is 2.56. The van der Waals surface area contributed by atoms with Crippen LogP contribution in [0.4, 0.5) is 0 Å². The third-order valence-corrected chi connectivity index (χ3v) is 4.75. The first-order valence-electron chi connectivity index (χ1n) is 11.0. The summed E-state index contributed by atoms with van der Waals surface area (Å²) < 4.78 is 5.59. The summed E-state index contributed by atoms with van der Waals surface area (Å²) in [5.74, 6) is 0. The lowest BCUT2D eigenvalue weighted by molar-refractivity contribution is 0.156. The minimum atomic E-state index is 0.793. The van der Waals surface area contributed by atoms with Gasteiger partial charge in [0.15, 0.2) is 0 Å². The zero-order chi connectivity index (χ0) is 17.7. The average molecular weight is 339 g/mol. The predicted octanol–water partition coefficient (Wildman–Crippen LogP) is 8.23. The molecule has 0 spiro atoms. The van der Waals surface area contributed by atoms with Crippen LogP contribution in [0.5, 0.6) is 0 Å². The second-order valence-corrected chi connectivity index (χ2v) is 7.66. The summed E-state index contributed by atoms with van der Waals surface area (Å²) in [7, 11) is 0. The number of rotatable bonds is 19. The number of allylic oxidation sites excluding steroid dienone is 1. The Morgan fingerprint density at radius 2 is 0.958 bits per heavy atom. The number of ether oxygens (including phenoxy) is 1. The van der Waals surface area contributed by atoms with E-state index in [1.807, 2.05) is 0 Å². The summed E-state index contributed by atoms with van der Waals surface area (Å²) in [6.45, 7) is 8.26. The summed E-state index contributed by atoms with van der Waals surface area (Å²) in [5.41, 5.74) is 1.35. The topological polar surface area (TPSA) is 9.23 Å². The van der Waals surface area contributed by atoms with E-state index in [0.29, 0.717) is 0 Å². The Hall–Kier alpha value is -0.300. The van der Waals surface area contributed by atoms with E-state index >= 15 is 0 Å². The highest BCUT2D eigenvalue weighted by Crippen LogP contribution is 2.13. The highest BCUT2D eigenvalue weighted by Gasteiger charge is 1.94. The van der Waals surface area contributed by atoms with Gasteiger partial charge in [-0.05, 0) is 20.3 Å². The fourth-order valence-corrected chi connectivity index (χ4v) is 3.06. The molecule has 0 amide bonds. The molecule has 0 fully saturated rings. The molecule has 0 aromatic heterocycles. The molecule has 0 heterocycles. The summed E-state index contributed by atoms with van der Waals surface area (Å²) in [4.78, 5) is 0. The minimum Gasteiger partial charge on any atom is -0.377 e. The van der Waals surface area contributed by atoms with Gasteiger partial charge in [-0.25, -0.2) is 0 Å². The van der Waals surface area contributed by atoms with Crippen LogP contribution in [-0.2, 0) is 4.74 Å². The van der Waals surface area contributed by atoms with Crippen LogP contribution in [0, 0.1) is 0 Å². The van der Waals surface area contributed by atoms with Crippen LogP contribution in [0.3, 0.4) is 0 Å². The predicted molar refractivity (Wildman–Crippen MR) is 110 cm³/mol. The molecule has 0 atom stereocenters. The molecule has 0 bridgehead atoms. The van der Waals surface area contributed by atoms with Gasteiger partial charge in [0.1, 0.15) is 0 Å². The third-order valence-electron chi connectivity index (χ3n) is 4.75. The van der Waals surface area contributed by atoms with E-state index in [9.17, 15) is 0 Å². The van der Waals surface area contributed by atoms with Crippen LogP contribution >= 0.6 is 0 Å². The molecule has 0 aliphatic heterocycles. The van der Waals surface area contributed by atoms with Gasteiger partial charge in [0.2, 0.25) is 0 Å². The fourth-order valence-electron chi connectivity index (χ4n) is 3.06. The quantitative estimate of drug-likeness (QED) is 0.170. The Morgan fingerprint density at radius 1 is 0.583 bits per heavy atom. The highest BCUT2D eigenvalue weighted by molar-refractivity contribution is 4.92. The van der Waals surface area contributed by atoms with Crippen molar-refractivity contribution in [2.75, 3.05) is 13.2 Å². The number of unbranched alkanes of at least 4 members (excludes halogenated alkanes) is 15. The number of hydrogen-bond acceptors (Lipinski definition) is 1. The molecule has 1 heteroatoms. The highest BCUT2D eigenvalue weighted by atomic mass is 16.5. The van der Waals surface area contributed by atoms with Crippen molar-refractivity contribution >= 4 is 0 Å². The molecule has 0 aromatic rings. The molecule has 0 saturated carbocycles. The Labute approximate surface area is 153 Å². The normalized spacial score (nSPS) is 11.0. The molecule has 0 N–H and O–H groups in total. The molecule has 1 nitrogen and oxygen atoms in total. The first-order valence-corrected chi connectivity index (χ1v) is 11.0. The zero-order valence-electron chi connectivity index (χ0n) is 17.2. The summed E-state index contributed by atoms with van der Waals surface area (Å²) in [6, 6.07) is 0. The maximum Gasteiger partial charge on any atom is 0.0649 e.